The first-order valence-corrected chi connectivity index (χ1v) is 33.1. The number of benzene rings is 4. The molecule has 6 rings (SSSR count). The number of nitrogens with two attached hydrogens (primary N) is 1. The largest absolute Gasteiger partial charge is 0.480 e. The van der Waals surface area contributed by atoms with E-state index in [4.69, 9.17) is 10.5 Å². The van der Waals surface area contributed by atoms with Gasteiger partial charge in [0.15, 0.2) is 5.78 Å². The second kappa shape index (κ2) is 41.5. The molecular formula is C76H101F12N5O9S2. The van der Waals surface area contributed by atoms with Gasteiger partial charge in [0.25, 0.3) is 11.1 Å². The number of carboxylic acid groups (broad SMARTS) is 1. The lowest BCUT2D eigenvalue weighted by atomic mass is 9.83. The lowest BCUT2D eigenvalue weighted by molar-refractivity contribution is -0.144. The molecule has 104 heavy (non-hydrogen) atoms. The van der Waals surface area contributed by atoms with E-state index in [1.807, 2.05) is 67.7 Å². The highest BCUT2D eigenvalue weighted by Gasteiger charge is 2.42. The molecule has 0 saturated carbocycles. The second-order valence-corrected chi connectivity index (χ2v) is 26.6. The molecule has 28 heteroatoms. The Labute approximate surface area is 615 Å². The molecule has 0 fully saturated rings. The van der Waals surface area contributed by atoms with E-state index in [1.165, 1.54) is 68.9 Å². The number of aliphatic carboxylic acids is 1. The Morgan fingerprint density at radius 1 is 0.538 bits per heavy atom. The van der Waals surface area contributed by atoms with Crippen LogP contribution in [0.25, 0.3) is 22.3 Å². The monoisotopic (exact) mass is 1520 g/mol. The average molecular weight is 1520 g/mol. The van der Waals surface area contributed by atoms with E-state index in [9.17, 15) is 73.4 Å². The van der Waals surface area contributed by atoms with E-state index >= 15 is 13.2 Å². The predicted molar refractivity (Wildman–Crippen MR) is 391 cm³/mol. The molecular weight excluding hydrogens is 1420 g/mol. The van der Waals surface area contributed by atoms with Crippen LogP contribution in [0.4, 0.5) is 52.7 Å². The van der Waals surface area contributed by atoms with Gasteiger partial charge in [0.05, 0.1) is 43.2 Å². The van der Waals surface area contributed by atoms with Crippen LogP contribution in [0, 0.1) is 88.3 Å². The third-order valence-corrected chi connectivity index (χ3v) is 17.1. The maximum absolute atomic E-state index is 16.6. The summed E-state index contributed by atoms with van der Waals surface area (Å²) in [4.78, 5) is 79.8. The summed E-state index contributed by atoms with van der Waals surface area (Å²) in [7, 11) is 7.91. The topological polar surface area (TPSA) is 183 Å². The van der Waals surface area contributed by atoms with Crippen LogP contribution in [0.5, 0.6) is 0 Å². The Kier molecular flexibility index (Phi) is 37.7. The van der Waals surface area contributed by atoms with Gasteiger partial charge in [-0.15, -0.1) is 0 Å². The van der Waals surface area contributed by atoms with Crippen LogP contribution in [-0.2, 0) is 53.8 Å². The number of alkyl halides is 6. The standard InChI is InChI=1S/C38H46F6N2O4.C20H19F6NO2.C17H28N2O3.CH4.2H2S/c1-9-50-33(49)18-26(17-31(47)30(15-21(2)3)46-20-25(11-10-14-45(7)8)23(5)16-32(46)48)35-36(40)27(19-28(37(35)41)38(42,43)44)34-22(4)12-13-29(39)24(34)6;1-4-29-15(28)8-14(27)17-18(22)11(7-12(19(17)23)20(24,25)26)16-9(2)5-6-13(21)10(16)3;1-12(2)9-15(17(21)22)19-11-14(7-6-8-18(4)5)13(3)10-16(19)20;;;/h12-13,16,19-21,26,30H,9-11,14-15,17-18H2,1-8H3;5-7,14H,4,8,27H2,1-3H3;10-12,15H,6-9H2,1-5H3,(H,21,22);1H4;2*1H2/t26-,30?;14-;;;;/m00..../s1. The molecule has 0 radical (unpaired) electrons. The molecule has 6 aromatic rings. The van der Waals surface area contributed by atoms with E-state index in [0.717, 1.165) is 66.7 Å². The van der Waals surface area contributed by atoms with Crippen LogP contribution in [0.2, 0.25) is 0 Å². The Balaban J connectivity index is 0.000000848. The summed E-state index contributed by atoms with van der Waals surface area (Å²) in [6.07, 6.45) is -5.72. The first kappa shape index (κ1) is 94.6. The molecule has 0 aliphatic carbocycles. The number of aromatic nitrogens is 2. The van der Waals surface area contributed by atoms with Gasteiger partial charge in [-0.25, -0.2) is 31.1 Å². The number of carbonyl (C=O) groups is 4. The minimum atomic E-state index is -5.31. The molecule has 2 unspecified atom stereocenters. The lowest BCUT2D eigenvalue weighted by Gasteiger charge is -2.26. The number of pyridine rings is 2. The quantitative estimate of drug-likeness (QED) is 0.0351. The van der Waals surface area contributed by atoms with Crippen molar-refractivity contribution in [2.75, 3.05) is 54.5 Å². The molecule has 580 valence electrons. The summed E-state index contributed by atoms with van der Waals surface area (Å²) < 4.78 is 187. The number of hydrogen-bond acceptors (Lipinski definition) is 11. The SMILES string of the molecule is C.CCOC(=O)C[C@H](CC(=O)C(CC(C)C)n1cc(CCCN(C)C)c(C)cc1=O)c1c(F)c(-c2c(C)ccc(F)c2C)cc(C(F)(F)F)c1F.CCOC(=O)C[C@H](N)c1c(F)c(-c2c(C)ccc(F)c2C)cc(C(F)(F)F)c1F.Cc1cc(=O)n(C(CC(C)C)C(=O)O)cc1CCCN(C)C.S.S. The molecule has 0 saturated heterocycles. The average Bonchev–Trinajstić information content (AvgIpc) is 0.758. The van der Waals surface area contributed by atoms with Crippen molar-refractivity contribution in [1.29, 1.82) is 0 Å². The predicted octanol–water partition coefficient (Wildman–Crippen LogP) is 17.2. The number of aryl methyl sites for hydroxylation is 6. The van der Waals surface area contributed by atoms with Crippen LogP contribution >= 0.6 is 27.0 Å². The number of Topliss-reactive ketones (excluding diaryl/α,β-unsaturated/α-hetero) is 1. The molecule has 0 spiro atoms. The number of carboxylic acids is 1. The first-order chi connectivity index (χ1) is 46.9. The molecule has 2 aromatic heterocycles. The summed E-state index contributed by atoms with van der Waals surface area (Å²) >= 11 is 0. The fourth-order valence-corrected chi connectivity index (χ4v) is 12.0. The van der Waals surface area contributed by atoms with Crippen molar-refractivity contribution in [3.05, 3.63) is 183 Å². The van der Waals surface area contributed by atoms with Gasteiger partial charge in [0.1, 0.15) is 40.9 Å². The fraction of sp³-hybridized carbons (Fsp3) is 0.500. The maximum Gasteiger partial charge on any atom is 0.419 e. The molecule has 0 aliphatic rings. The number of hydrogen-bond donors (Lipinski definition) is 2. The number of carbonyl (C=O) groups excluding carboxylic acids is 3. The number of halogens is 12. The van der Waals surface area contributed by atoms with Crippen LogP contribution < -0.4 is 16.9 Å². The first-order valence-electron chi connectivity index (χ1n) is 33.1. The fourth-order valence-electron chi connectivity index (χ4n) is 12.0. The van der Waals surface area contributed by atoms with Crippen molar-refractivity contribution in [3.63, 3.8) is 0 Å². The number of rotatable bonds is 28. The van der Waals surface area contributed by atoms with Gasteiger partial charge in [0, 0.05) is 65.2 Å². The number of ketones is 1. The number of esters is 2. The van der Waals surface area contributed by atoms with E-state index in [0.29, 0.717) is 18.9 Å². The van der Waals surface area contributed by atoms with Crippen molar-refractivity contribution in [1.82, 2.24) is 18.9 Å². The van der Waals surface area contributed by atoms with Crippen molar-refractivity contribution < 1.29 is 86.4 Å². The molecule has 0 amide bonds. The van der Waals surface area contributed by atoms with Gasteiger partial charge in [-0.05, 0) is 227 Å². The van der Waals surface area contributed by atoms with E-state index in [2.05, 4.69) is 9.64 Å². The van der Waals surface area contributed by atoms with Crippen molar-refractivity contribution >= 4 is 50.7 Å². The maximum atomic E-state index is 16.6. The molecule has 0 bridgehead atoms. The van der Waals surface area contributed by atoms with Crippen molar-refractivity contribution in [3.8, 4) is 22.3 Å². The Bertz CT molecular complexity index is 4040. The molecule has 3 N–H and O–H groups in total. The summed E-state index contributed by atoms with van der Waals surface area (Å²) in [5.41, 5.74) is 1.17. The molecule has 0 aliphatic heterocycles. The summed E-state index contributed by atoms with van der Waals surface area (Å²) in [5.74, 6) is -13.6. The van der Waals surface area contributed by atoms with Gasteiger partial charge >= 0.3 is 30.3 Å². The Hall–Kier alpha value is -7.40. The number of ether oxygens (including phenoxy) is 2. The molecule has 14 nitrogen and oxygen atoms in total. The summed E-state index contributed by atoms with van der Waals surface area (Å²) in [5, 5.41) is 9.44. The normalized spacial score (nSPS) is 12.6. The van der Waals surface area contributed by atoms with E-state index in [1.54, 1.807) is 25.4 Å². The highest BCUT2D eigenvalue weighted by atomic mass is 32.1. The zero-order valence-electron chi connectivity index (χ0n) is 61.0. The zero-order valence-corrected chi connectivity index (χ0v) is 63.0. The minimum Gasteiger partial charge on any atom is -0.480 e. The van der Waals surface area contributed by atoms with Gasteiger partial charge in [0.2, 0.25) is 0 Å². The molecule has 4 atom stereocenters. The lowest BCUT2D eigenvalue weighted by Crippen LogP contribution is -2.32. The third-order valence-electron chi connectivity index (χ3n) is 17.1. The van der Waals surface area contributed by atoms with Gasteiger partial charge < -0.3 is 39.2 Å². The van der Waals surface area contributed by atoms with Crippen molar-refractivity contribution in [2.45, 2.75) is 185 Å². The van der Waals surface area contributed by atoms with E-state index < -0.39 is 153 Å². The van der Waals surface area contributed by atoms with Gasteiger partial charge in [-0.3, -0.25) is 24.0 Å². The Morgan fingerprint density at radius 3 is 1.27 bits per heavy atom. The van der Waals surface area contributed by atoms with Crippen LogP contribution in [0.3, 0.4) is 0 Å². The summed E-state index contributed by atoms with van der Waals surface area (Å²) in [6.45, 7) is 21.2. The van der Waals surface area contributed by atoms with Crippen LogP contribution in [0.15, 0.2) is 70.5 Å². The highest BCUT2D eigenvalue weighted by molar-refractivity contribution is 7.59. The highest BCUT2D eigenvalue weighted by Crippen LogP contribution is 2.45. The van der Waals surface area contributed by atoms with Crippen molar-refractivity contribution in [2.24, 2.45) is 17.6 Å². The number of nitrogens with zero attached hydrogens (tertiary/aromatic N) is 4. The van der Waals surface area contributed by atoms with E-state index in [-0.39, 0.29) is 111 Å². The third kappa shape index (κ3) is 25.4. The zero-order chi connectivity index (χ0) is 76.6. The van der Waals surface area contributed by atoms with Gasteiger partial charge in [-0.2, -0.15) is 53.3 Å². The van der Waals surface area contributed by atoms with Crippen LogP contribution in [-0.4, -0.2) is 102 Å². The summed E-state index contributed by atoms with van der Waals surface area (Å²) in [6, 6.07) is 4.58. The van der Waals surface area contributed by atoms with Crippen LogP contribution in [0.1, 0.15) is 185 Å². The smallest absolute Gasteiger partial charge is 0.419 e. The molecule has 4 aromatic carbocycles. The molecule has 2 heterocycles. The Morgan fingerprint density at radius 2 is 0.904 bits per heavy atom. The minimum absolute atomic E-state index is 0. The second-order valence-electron chi connectivity index (χ2n) is 26.6. The van der Waals surface area contributed by atoms with Gasteiger partial charge in [-0.1, -0.05) is 47.3 Å².